The third-order valence-corrected chi connectivity index (χ3v) is 5.11. The Kier molecular flexibility index (Phi) is 15.2. The van der Waals surface area contributed by atoms with E-state index in [9.17, 15) is 9.36 Å². The molecule has 23 heavy (non-hydrogen) atoms. The van der Waals surface area contributed by atoms with Gasteiger partial charge < -0.3 is 0 Å². The van der Waals surface area contributed by atoms with Gasteiger partial charge >= 0.3 is 7.82 Å². The Morgan fingerprint density at radius 1 is 0.739 bits per heavy atom. The molecule has 0 amide bonds. The Bertz CT molecular complexity index is 323. The van der Waals surface area contributed by atoms with Gasteiger partial charge in [0, 0.05) is 6.42 Å². The number of phosphoric ester groups is 1. The second-order valence-electron chi connectivity index (χ2n) is 5.67. The number of ketones is 1. The fourth-order valence-corrected chi connectivity index (χ4v) is 3.44. The highest BCUT2D eigenvalue weighted by Gasteiger charge is 2.26. The van der Waals surface area contributed by atoms with Gasteiger partial charge in [0.2, 0.25) is 0 Å². The molecule has 0 radical (unpaired) electrons. The number of hydrogen-bond acceptors (Lipinski definition) is 5. The van der Waals surface area contributed by atoms with Crippen LogP contribution in [-0.4, -0.2) is 25.6 Å². The second kappa shape index (κ2) is 15.3. The van der Waals surface area contributed by atoms with Gasteiger partial charge in [0.05, 0.1) is 13.2 Å². The van der Waals surface area contributed by atoms with Gasteiger partial charge in [-0.25, -0.2) is 4.57 Å². The lowest BCUT2D eigenvalue weighted by molar-refractivity contribution is -0.121. The fourth-order valence-electron chi connectivity index (χ4n) is 2.28. The van der Waals surface area contributed by atoms with Crippen LogP contribution in [0.4, 0.5) is 0 Å². The van der Waals surface area contributed by atoms with E-state index in [1.165, 1.54) is 44.9 Å². The van der Waals surface area contributed by atoms with Crippen LogP contribution < -0.4 is 0 Å². The number of hydrogen-bond donors (Lipinski definition) is 0. The highest BCUT2D eigenvalue weighted by molar-refractivity contribution is 7.48. The molecule has 0 aliphatic carbocycles. The molecule has 0 bridgehead atoms. The molecule has 0 N–H and O–H groups in total. The van der Waals surface area contributed by atoms with Gasteiger partial charge in [-0.05, 0) is 20.3 Å². The molecule has 0 heterocycles. The minimum Gasteiger partial charge on any atom is -0.297 e. The Labute approximate surface area is 142 Å². The highest BCUT2D eigenvalue weighted by atomic mass is 31.2. The van der Waals surface area contributed by atoms with Crippen LogP contribution in [0.3, 0.4) is 0 Å². The largest absolute Gasteiger partial charge is 0.475 e. The lowest BCUT2D eigenvalue weighted by atomic mass is 10.1. The maximum absolute atomic E-state index is 12.0. The molecule has 138 valence electrons. The minimum atomic E-state index is -3.56. The second-order valence-corrected chi connectivity index (χ2v) is 7.34. The van der Waals surface area contributed by atoms with Gasteiger partial charge in [-0.3, -0.25) is 18.4 Å². The van der Waals surface area contributed by atoms with Crippen LogP contribution in [0.1, 0.15) is 85.0 Å². The third kappa shape index (κ3) is 13.9. The average molecular weight is 350 g/mol. The number of unbranched alkanes of at least 4 members (excludes halogenated alkanes) is 8. The Balaban J connectivity index is 3.61. The number of carbonyl (C=O) groups excluding carboxylic acids is 1. The molecule has 0 fully saturated rings. The predicted octanol–water partition coefficient (Wildman–Crippen LogP) is 5.67. The molecule has 0 aromatic heterocycles. The molecule has 0 saturated heterocycles. The summed E-state index contributed by atoms with van der Waals surface area (Å²) in [7, 11) is -3.56. The van der Waals surface area contributed by atoms with Crippen LogP contribution in [0.5, 0.6) is 0 Å². The first kappa shape index (κ1) is 22.8. The minimum absolute atomic E-state index is 0.0485. The number of phosphoric acid groups is 1. The summed E-state index contributed by atoms with van der Waals surface area (Å²) in [5.41, 5.74) is 0. The summed E-state index contributed by atoms with van der Waals surface area (Å²) < 4.78 is 27.0. The Morgan fingerprint density at radius 2 is 1.22 bits per heavy atom. The Morgan fingerprint density at radius 3 is 1.70 bits per heavy atom. The summed E-state index contributed by atoms with van der Waals surface area (Å²) in [6.45, 7) is 5.89. The van der Waals surface area contributed by atoms with Gasteiger partial charge in [0.1, 0.15) is 6.61 Å². The van der Waals surface area contributed by atoms with Gasteiger partial charge in [-0.15, -0.1) is 0 Å². The normalized spacial score (nSPS) is 11.8. The van der Waals surface area contributed by atoms with E-state index >= 15 is 0 Å². The van der Waals surface area contributed by atoms with E-state index in [0.29, 0.717) is 6.42 Å². The van der Waals surface area contributed by atoms with Gasteiger partial charge in [-0.1, -0.05) is 58.3 Å². The van der Waals surface area contributed by atoms with Crippen LogP contribution in [0.15, 0.2) is 0 Å². The SMILES string of the molecule is CCCCCCCCCCCC(=O)COP(=O)(OCC)OCC. The van der Waals surface area contributed by atoms with Crippen LogP contribution in [0, 0.1) is 0 Å². The molecular weight excluding hydrogens is 315 g/mol. The van der Waals surface area contributed by atoms with Crippen molar-refractivity contribution < 1.29 is 22.9 Å². The van der Waals surface area contributed by atoms with Crippen LogP contribution in [-0.2, 0) is 22.9 Å². The smallest absolute Gasteiger partial charge is 0.297 e. The highest BCUT2D eigenvalue weighted by Crippen LogP contribution is 2.49. The zero-order valence-electron chi connectivity index (χ0n) is 15.2. The van der Waals surface area contributed by atoms with E-state index < -0.39 is 7.82 Å². The van der Waals surface area contributed by atoms with Crippen molar-refractivity contribution >= 4 is 13.6 Å². The molecule has 6 heteroatoms. The molecule has 0 unspecified atom stereocenters. The molecule has 0 rings (SSSR count). The zero-order chi connectivity index (χ0) is 17.4. The van der Waals surface area contributed by atoms with Crippen molar-refractivity contribution in [1.82, 2.24) is 0 Å². The van der Waals surface area contributed by atoms with Gasteiger partial charge in [-0.2, -0.15) is 0 Å². The molecule has 0 aromatic rings. The summed E-state index contributed by atoms with van der Waals surface area (Å²) in [5.74, 6) is -0.0485. The Hall–Kier alpha value is -0.220. The van der Waals surface area contributed by atoms with Gasteiger partial charge in [0.15, 0.2) is 5.78 Å². The van der Waals surface area contributed by atoms with Crippen molar-refractivity contribution in [1.29, 1.82) is 0 Å². The van der Waals surface area contributed by atoms with E-state index in [1.54, 1.807) is 13.8 Å². The van der Waals surface area contributed by atoms with E-state index in [2.05, 4.69) is 6.92 Å². The lowest BCUT2D eigenvalue weighted by Crippen LogP contribution is -2.09. The molecule has 0 atom stereocenters. The van der Waals surface area contributed by atoms with Crippen molar-refractivity contribution in [2.75, 3.05) is 19.8 Å². The lowest BCUT2D eigenvalue weighted by Gasteiger charge is -2.15. The monoisotopic (exact) mass is 350 g/mol. The van der Waals surface area contributed by atoms with Crippen molar-refractivity contribution in [3.05, 3.63) is 0 Å². The van der Waals surface area contributed by atoms with E-state index in [-0.39, 0.29) is 25.6 Å². The molecule has 5 nitrogen and oxygen atoms in total. The molecule has 0 aliphatic heterocycles. The number of rotatable bonds is 17. The molecule has 0 aromatic carbocycles. The van der Waals surface area contributed by atoms with Crippen LogP contribution >= 0.6 is 7.82 Å². The first-order valence-electron chi connectivity index (χ1n) is 9.13. The average Bonchev–Trinajstić information content (AvgIpc) is 2.52. The standard InChI is InChI=1S/C17H35O5P/c1-4-7-8-9-10-11-12-13-14-15-17(18)16-22-23(19,20-5-2)21-6-3/h4-16H2,1-3H3. The molecule has 0 saturated carbocycles. The maximum atomic E-state index is 12.0. The summed E-state index contributed by atoms with van der Waals surface area (Å²) in [4.78, 5) is 11.7. The van der Waals surface area contributed by atoms with Crippen molar-refractivity contribution in [3.8, 4) is 0 Å². The predicted molar refractivity (Wildman–Crippen MR) is 93.7 cm³/mol. The summed E-state index contributed by atoms with van der Waals surface area (Å²) >= 11 is 0. The van der Waals surface area contributed by atoms with Gasteiger partial charge in [0.25, 0.3) is 0 Å². The summed E-state index contributed by atoms with van der Waals surface area (Å²) in [6, 6.07) is 0. The summed E-state index contributed by atoms with van der Waals surface area (Å²) in [5, 5.41) is 0. The molecule has 0 spiro atoms. The molecule has 0 aliphatic rings. The fraction of sp³-hybridized carbons (Fsp3) is 0.941. The van der Waals surface area contributed by atoms with E-state index in [1.807, 2.05) is 0 Å². The number of carbonyl (C=O) groups is 1. The van der Waals surface area contributed by atoms with Crippen molar-refractivity contribution in [2.45, 2.75) is 85.0 Å². The topological polar surface area (TPSA) is 61.8 Å². The quantitative estimate of drug-likeness (QED) is 0.250. The maximum Gasteiger partial charge on any atom is 0.475 e. The van der Waals surface area contributed by atoms with E-state index in [4.69, 9.17) is 13.6 Å². The number of Topliss-reactive ketones (excluding diaryl/α,β-unsaturated/α-hetero) is 1. The first-order chi connectivity index (χ1) is 11.1. The third-order valence-electron chi connectivity index (χ3n) is 3.52. The first-order valence-corrected chi connectivity index (χ1v) is 10.6. The van der Waals surface area contributed by atoms with Crippen LogP contribution in [0.2, 0.25) is 0 Å². The van der Waals surface area contributed by atoms with Crippen LogP contribution in [0.25, 0.3) is 0 Å². The zero-order valence-corrected chi connectivity index (χ0v) is 16.1. The van der Waals surface area contributed by atoms with E-state index in [0.717, 1.165) is 12.8 Å². The van der Waals surface area contributed by atoms with Crippen molar-refractivity contribution in [2.24, 2.45) is 0 Å². The summed E-state index contributed by atoms with van der Waals surface area (Å²) in [6.07, 6.45) is 11.4. The molecular formula is C17H35O5P. The van der Waals surface area contributed by atoms with Crippen molar-refractivity contribution in [3.63, 3.8) is 0 Å².